The topological polar surface area (TPSA) is 12.5 Å². The van der Waals surface area contributed by atoms with E-state index in [4.69, 9.17) is 16.3 Å². The molecule has 0 saturated carbocycles. The second kappa shape index (κ2) is 5.67. The van der Waals surface area contributed by atoms with Crippen molar-refractivity contribution in [3.63, 3.8) is 0 Å². The Morgan fingerprint density at radius 3 is 2.81 bits per heavy atom. The lowest BCUT2D eigenvalue weighted by atomic mass is 10.1. The van der Waals surface area contributed by atoms with Gasteiger partial charge in [0, 0.05) is 11.6 Å². The van der Waals surface area contributed by atoms with Crippen LogP contribution >= 0.6 is 11.6 Å². The first kappa shape index (κ1) is 11.9. The summed E-state index contributed by atoms with van der Waals surface area (Å²) in [6, 6.07) is 7.87. The fourth-order valence-corrected chi connectivity index (χ4v) is 2.18. The lowest BCUT2D eigenvalue weighted by molar-refractivity contribution is -0.00355. The van der Waals surface area contributed by atoms with Gasteiger partial charge < -0.3 is 9.64 Å². The van der Waals surface area contributed by atoms with Gasteiger partial charge in [0.25, 0.3) is 0 Å². The van der Waals surface area contributed by atoms with Crippen LogP contribution in [0.25, 0.3) is 0 Å². The van der Waals surface area contributed by atoms with Gasteiger partial charge in [0.2, 0.25) is 0 Å². The van der Waals surface area contributed by atoms with Gasteiger partial charge >= 0.3 is 0 Å². The number of hydrogen-bond acceptors (Lipinski definition) is 2. The van der Waals surface area contributed by atoms with Gasteiger partial charge in [0.05, 0.1) is 12.7 Å². The minimum Gasteiger partial charge on any atom is -0.372 e. The van der Waals surface area contributed by atoms with Crippen LogP contribution in [-0.4, -0.2) is 31.1 Å². The number of benzene rings is 1. The maximum atomic E-state index is 5.89. The molecule has 16 heavy (non-hydrogen) atoms. The summed E-state index contributed by atoms with van der Waals surface area (Å²) in [6.45, 7) is 2.93. The zero-order chi connectivity index (χ0) is 11.4. The molecule has 88 valence electrons. The van der Waals surface area contributed by atoms with Crippen LogP contribution in [0.15, 0.2) is 24.3 Å². The largest absolute Gasteiger partial charge is 0.372 e. The monoisotopic (exact) mass is 239 g/mol. The zero-order valence-electron chi connectivity index (χ0n) is 9.66. The molecule has 1 atom stereocenters. The average Bonchev–Trinajstić information content (AvgIpc) is 2.28. The lowest BCUT2D eigenvalue weighted by Crippen LogP contribution is -2.36. The number of halogens is 1. The first-order valence-corrected chi connectivity index (χ1v) is 6.16. The number of rotatable bonds is 3. The Labute approximate surface area is 102 Å². The lowest BCUT2D eigenvalue weighted by Gasteiger charge is -2.29. The van der Waals surface area contributed by atoms with Gasteiger partial charge in [0.15, 0.2) is 0 Å². The van der Waals surface area contributed by atoms with Gasteiger partial charge in [0.1, 0.15) is 0 Å². The van der Waals surface area contributed by atoms with Crippen molar-refractivity contribution < 1.29 is 4.74 Å². The zero-order valence-corrected chi connectivity index (χ0v) is 10.4. The maximum Gasteiger partial charge on any atom is 0.0721 e. The molecule has 1 saturated heterocycles. The van der Waals surface area contributed by atoms with Gasteiger partial charge in [-0.3, -0.25) is 0 Å². The van der Waals surface area contributed by atoms with Gasteiger partial charge in [-0.2, -0.15) is 0 Å². The van der Waals surface area contributed by atoms with E-state index < -0.39 is 0 Å². The van der Waals surface area contributed by atoms with Crippen LogP contribution in [0.4, 0.5) is 0 Å². The van der Waals surface area contributed by atoms with E-state index in [1.54, 1.807) is 0 Å². The molecule has 0 amide bonds. The van der Waals surface area contributed by atoms with Crippen LogP contribution in [0.1, 0.15) is 18.4 Å². The van der Waals surface area contributed by atoms with Crippen LogP contribution in [-0.2, 0) is 11.3 Å². The Morgan fingerprint density at radius 2 is 2.12 bits per heavy atom. The Hall–Kier alpha value is -0.570. The molecule has 1 aromatic rings. The Morgan fingerprint density at radius 1 is 1.38 bits per heavy atom. The second-order valence-electron chi connectivity index (χ2n) is 4.46. The molecule has 1 aliphatic heterocycles. The van der Waals surface area contributed by atoms with Crippen molar-refractivity contribution in [2.24, 2.45) is 0 Å². The fourth-order valence-electron chi connectivity index (χ4n) is 2.05. The number of hydrogen-bond donors (Lipinski definition) is 0. The van der Waals surface area contributed by atoms with Crippen molar-refractivity contribution in [2.75, 3.05) is 20.1 Å². The van der Waals surface area contributed by atoms with Crippen molar-refractivity contribution in [2.45, 2.75) is 25.6 Å². The van der Waals surface area contributed by atoms with E-state index in [2.05, 4.69) is 11.9 Å². The summed E-state index contributed by atoms with van der Waals surface area (Å²) in [4.78, 5) is 2.33. The third kappa shape index (κ3) is 3.48. The van der Waals surface area contributed by atoms with Crippen molar-refractivity contribution in [3.05, 3.63) is 34.9 Å². The van der Waals surface area contributed by atoms with E-state index >= 15 is 0 Å². The fraction of sp³-hybridized carbons (Fsp3) is 0.538. The highest BCUT2D eigenvalue weighted by Crippen LogP contribution is 2.15. The summed E-state index contributed by atoms with van der Waals surface area (Å²) >= 11 is 5.83. The van der Waals surface area contributed by atoms with Gasteiger partial charge in [-0.15, -0.1) is 0 Å². The summed E-state index contributed by atoms with van der Waals surface area (Å²) in [7, 11) is 2.15. The van der Waals surface area contributed by atoms with E-state index in [1.165, 1.54) is 24.9 Å². The Balaban J connectivity index is 1.80. The first-order valence-electron chi connectivity index (χ1n) is 5.78. The Bertz CT molecular complexity index is 325. The van der Waals surface area contributed by atoms with Crippen molar-refractivity contribution in [1.29, 1.82) is 0 Å². The van der Waals surface area contributed by atoms with Crippen LogP contribution in [0.3, 0.4) is 0 Å². The normalized spacial score (nSPS) is 22.2. The highest BCUT2D eigenvalue weighted by Gasteiger charge is 2.17. The number of ether oxygens (including phenoxy) is 1. The SMILES string of the molecule is CN1CCCC(OCc2ccc(Cl)cc2)C1. The highest BCUT2D eigenvalue weighted by molar-refractivity contribution is 6.30. The third-order valence-corrected chi connectivity index (χ3v) is 3.23. The minimum atomic E-state index is 0.384. The predicted octanol–water partition coefficient (Wildman–Crippen LogP) is 2.95. The number of nitrogens with zero attached hydrogens (tertiary/aromatic N) is 1. The van der Waals surface area contributed by atoms with Gasteiger partial charge in [-0.1, -0.05) is 23.7 Å². The van der Waals surface area contributed by atoms with Crippen LogP contribution in [0.2, 0.25) is 5.02 Å². The molecule has 0 radical (unpaired) electrons. The third-order valence-electron chi connectivity index (χ3n) is 2.98. The highest BCUT2D eigenvalue weighted by atomic mass is 35.5. The minimum absolute atomic E-state index is 0.384. The molecule has 0 N–H and O–H groups in total. The van der Waals surface area contributed by atoms with Crippen LogP contribution in [0, 0.1) is 0 Å². The molecular weight excluding hydrogens is 222 g/mol. The van der Waals surface area contributed by atoms with Crippen molar-refractivity contribution in [1.82, 2.24) is 4.90 Å². The van der Waals surface area contributed by atoms with E-state index in [9.17, 15) is 0 Å². The summed E-state index contributed by atoms with van der Waals surface area (Å²) < 4.78 is 5.89. The molecule has 1 aromatic carbocycles. The maximum absolute atomic E-state index is 5.89. The smallest absolute Gasteiger partial charge is 0.0721 e. The average molecular weight is 240 g/mol. The standard InChI is InChI=1S/C13H18ClNO/c1-15-8-2-3-13(9-15)16-10-11-4-6-12(14)7-5-11/h4-7,13H,2-3,8-10H2,1H3. The van der Waals surface area contributed by atoms with Gasteiger partial charge in [-0.25, -0.2) is 0 Å². The quantitative estimate of drug-likeness (QED) is 0.804. The molecule has 2 rings (SSSR count). The van der Waals surface area contributed by atoms with E-state index in [0.717, 1.165) is 11.6 Å². The summed E-state index contributed by atoms with van der Waals surface area (Å²) in [5.74, 6) is 0. The molecule has 1 unspecified atom stereocenters. The van der Waals surface area contributed by atoms with E-state index in [-0.39, 0.29) is 0 Å². The number of likely N-dealkylation sites (N-methyl/N-ethyl adjacent to an activating group) is 1. The van der Waals surface area contributed by atoms with Crippen molar-refractivity contribution in [3.8, 4) is 0 Å². The molecule has 0 bridgehead atoms. The van der Waals surface area contributed by atoms with Crippen LogP contribution < -0.4 is 0 Å². The second-order valence-corrected chi connectivity index (χ2v) is 4.90. The molecule has 2 nitrogen and oxygen atoms in total. The molecule has 0 aromatic heterocycles. The summed E-state index contributed by atoms with van der Waals surface area (Å²) in [6.07, 6.45) is 2.80. The molecule has 1 aliphatic rings. The molecule has 0 spiro atoms. The molecule has 1 fully saturated rings. The van der Waals surface area contributed by atoms with Crippen molar-refractivity contribution >= 4 is 11.6 Å². The predicted molar refractivity (Wildman–Crippen MR) is 66.8 cm³/mol. The van der Waals surface area contributed by atoms with Crippen LogP contribution in [0.5, 0.6) is 0 Å². The Kier molecular flexibility index (Phi) is 4.22. The molecule has 3 heteroatoms. The first-order chi connectivity index (χ1) is 7.74. The molecule has 1 heterocycles. The van der Waals surface area contributed by atoms with Gasteiger partial charge in [-0.05, 0) is 44.1 Å². The van der Waals surface area contributed by atoms with E-state index in [1.807, 2.05) is 24.3 Å². The summed E-state index contributed by atoms with van der Waals surface area (Å²) in [5.41, 5.74) is 1.19. The summed E-state index contributed by atoms with van der Waals surface area (Å²) in [5, 5.41) is 0.779. The molecular formula is C13H18ClNO. The molecule has 0 aliphatic carbocycles. The number of piperidine rings is 1. The number of likely N-dealkylation sites (tertiary alicyclic amines) is 1. The van der Waals surface area contributed by atoms with E-state index in [0.29, 0.717) is 12.7 Å².